The fourth-order valence-corrected chi connectivity index (χ4v) is 3.82. The first-order valence-corrected chi connectivity index (χ1v) is 9.96. The second-order valence-corrected chi connectivity index (χ2v) is 7.78. The van der Waals surface area contributed by atoms with Gasteiger partial charge in [-0.05, 0) is 12.8 Å². The van der Waals surface area contributed by atoms with Crippen molar-refractivity contribution >= 4 is 28.9 Å². The number of hydrogen-bond donors (Lipinski definition) is 1. The van der Waals surface area contributed by atoms with Gasteiger partial charge in [0, 0.05) is 39.0 Å². The van der Waals surface area contributed by atoms with Crippen molar-refractivity contribution in [2.75, 3.05) is 36.8 Å². The van der Waals surface area contributed by atoms with E-state index in [4.69, 9.17) is 9.97 Å². The molecule has 2 aromatic heterocycles. The minimum absolute atomic E-state index is 0.0620. The molecule has 0 radical (unpaired) electrons. The standard InChI is InChI=1S/C18H26N6OS/c1-5-6-9-24-14-15(20-17(24)23-10-7-19-8-11-23)21-18(22(4)16(14)25)26-12-13(2)3/h13,19H,7-12H2,1-4H3. The van der Waals surface area contributed by atoms with Crippen molar-refractivity contribution in [2.24, 2.45) is 13.0 Å². The number of piperazine rings is 1. The van der Waals surface area contributed by atoms with E-state index >= 15 is 0 Å². The van der Waals surface area contributed by atoms with Gasteiger partial charge in [0.15, 0.2) is 16.3 Å². The molecule has 2 aromatic rings. The van der Waals surface area contributed by atoms with E-state index < -0.39 is 0 Å². The number of imidazole rings is 1. The molecule has 140 valence electrons. The molecule has 0 unspecified atom stereocenters. The fraction of sp³-hybridized carbons (Fsp3) is 0.611. The number of fused-ring (bicyclic) bond motifs is 1. The molecule has 1 fully saturated rings. The molecule has 0 bridgehead atoms. The average Bonchev–Trinajstić information content (AvgIpc) is 3.00. The third-order valence-electron chi connectivity index (χ3n) is 4.28. The zero-order chi connectivity index (χ0) is 18.7. The number of nitrogens with zero attached hydrogens (tertiary/aromatic N) is 5. The molecule has 1 N–H and O–H groups in total. The number of thioether (sulfide) groups is 1. The van der Waals surface area contributed by atoms with Crippen molar-refractivity contribution in [1.29, 1.82) is 0 Å². The van der Waals surface area contributed by atoms with Crippen molar-refractivity contribution in [1.82, 2.24) is 24.4 Å². The third-order valence-corrected chi connectivity index (χ3v) is 5.74. The molecule has 0 atom stereocenters. The lowest BCUT2D eigenvalue weighted by atomic mass is 10.3. The van der Waals surface area contributed by atoms with Gasteiger partial charge in [-0.15, -0.1) is 5.92 Å². The Labute approximate surface area is 158 Å². The number of nitrogens with one attached hydrogen (secondary N) is 1. The Bertz CT molecular complexity index is 898. The highest BCUT2D eigenvalue weighted by Gasteiger charge is 2.23. The predicted octanol–water partition coefficient (Wildman–Crippen LogP) is 1.31. The van der Waals surface area contributed by atoms with Crippen LogP contribution in [0.3, 0.4) is 0 Å². The smallest absolute Gasteiger partial charge is 0.280 e. The van der Waals surface area contributed by atoms with E-state index in [1.54, 1.807) is 30.3 Å². The fourth-order valence-electron chi connectivity index (χ4n) is 2.91. The third kappa shape index (κ3) is 3.74. The van der Waals surface area contributed by atoms with Crippen LogP contribution < -0.4 is 15.8 Å². The summed E-state index contributed by atoms with van der Waals surface area (Å²) in [7, 11) is 1.78. The lowest BCUT2D eigenvalue weighted by Crippen LogP contribution is -2.44. The second kappa shape index (κ2) is 8.14. The van der Waals surface area contributed by atoms with Crippen LogP contribution in [0.15, 0.2) is 9.95 Å². The van der Waals surface area contributed by atoms with Crippen molar-refractivity contribution in [3.05, 3.63) is 10.4 Å². The van der Waals surface area contributed by atoms with Crippen molar-refractivity contribution < 1.29 is 0 Å². The predicted molar refractivity (Wildman–Crippen MR) is 107 cm³/mol. The van der Waals surface area contributed by atoms with E-state index in [2.05, 4.69) is 35.9 Å². The van der Waals surface area contributed by atoms with Crippen LogP contribution in [0, 0.1) is 17.8 Å². The second-order valence-electron chi connectivity index (χ2n) is 6.80. The van der Waals surface area contributed by atoms with E-state index in [9.17, 15) is 4.79 Å². The summed E-state index contributed by atoms with van der Waals surface area (Å²) in [5, 5.41) is 4.06. The molecule has 3 heterocycles. The van der Waals surface area contributed by atoms with E-state index in [-0.39, 0.29) is 5.56 Å². The summed E-state index contributed by atoms with van der Waals surface area (Å²) in [4.78, 5) is 24.7. The first-order valence-electron chi connectivity index (χ1n) is 8.98. The summed E-state index contributed by atoms with van der Waals surface area (Å²) >= 11 is 1.60. The molecule has 0 amide bonds. The normalized spacial score (nSPS) is 14.7. The van der Waals surface area contributed by atoms with Gasteiger partial charge in [0.1, 0.15) is 0 Å². The Morgan fingerprint density at radius 3 is 2.65 bits per heavy atom. The number of aromatic nitrogens is 4. The van der Waals surface area contributed by atoms with Crippen LogP contribution in [0.5, 0.6) is 0 Å². The zero-order valence-corrected chi connectivity index (χ0v) is 16.7. The molecule has 1 aliphatic heterocycles. The average molecular weight is 375 g/mol. The monoisotopic (exact) mass is 374 g/mol. The Hall–Kier alpha value is -1.98. The van der Waals surface area contributed by atoms with Crippen LogP contribution in [0.2, 0.25) is 0 Å². The summed E-state index contributed by atoms with van der Waals surface area (Å²) in [6, 6.07) is 0. The van der Waals surface area contributed by atoms with Gasteiger partial charge in [0.2, 0.25) is 5.95 Å². The molecular weight excluding hydrogens is 348 g/mol. The summed E-state index contributed by atoms with van der Waals surface area (Å²) in [6.07, 6.45) is 0. The van der Waals surface area contributed by atoms with Crippen LogP contribution in [-0.2, 0) is 13.6 Å². The summed E-state index contributed by atoms with van der Waals surface area (Å²) in [5.41, 5.74) is 0.997. The molecule has 0 saturated carbocycles. The Balaban J connectivity index is 2.12. The van der Waals surface area contributed by atoms with Crippen molar-refractivity contribution in [3.8, 4) is 11.8 Å². The van der Waals surface area contributed by atoms with E-state index in [1.165, 1.54) is 0 Å². The summed E-state index contributed by atoms with van der Waals surface area (Å²) < 4.78 is 3.55. The van der Waals surface area contributed by atoms with Gasteiger partial charge in [-0.2, -0.15) is 4.98 Å². The van der Waals surface area contributed by atoms with Gasteiger partial charge in [0.05, 0.1) is 6.54 Å². The van der Waals surface area contributed by atoms with Crippen LogP contribution >= 0.6 is 11.8 Å². The Morgan fingerprint density at radius 1 is 1.27 bits per heavy atom. The molecule has 1 aliphatic rings. The van der Waals surface area contributed by atoms with Gasteiger partial charge in [-0.3, -0.25) is 13.9 Å². The lowest BCUT2D eigenvalue weighted by Gasteiger charge is -2.28. The molecule has 8 heteroatoms. The number of rotatable bonds is 5. The quantitative estimate of drug-likeness (QED) is 0.484. The van der Waals surface area contributed by atoms with Gasteiger partial charge in [-0.1, -0.05) is 31.5 Å². The Kier molecular flexibility index (Phi) is 5.89. The van der Waals surface area contributed by atoms with Crippen LogP contribution in [0.25, 0.3) is 11.2 Å². The zero-order valence-electron chi connectivity index (χ0n) is 15.9. The maximum Gasteiger partial charge on any atom is 0.280 e. The van der Waals surface area contributed by atoms with Gasteiger partial charge in [0.25, 0.3) is 5.56 Å². The van der Waals surface area contributed by atoms with Gasteiger partial charge >= 0.3 is 0 Å². The van der Waals surface area contributed by atoms with Crippen LogP contribution in [0.4, 0.5) is 5.95 Å². The van der Waals surface area contributed by atoms with Gasteiger partial charge in [-0.25, -0.2) is 4.98 Å². The SMILES string of the molecule is CC#CCn1c(N2CCNCC2)nc2nc(SCC(C)C)n(C)c(=O)c21. The highest BCUT2D eigenvalue weighted by Crippen LogP contribution is 2.23. The highest BCUT2D eigenvalue weighted by atomic mass is 32.2. The summed E-state index contributed by atoms with van der Waals surface area (Å²) in [6.45, 7) is 10.1. The molecule has 0 aromatic carbocycles. The maximum absolute atomic E-state index is 13.0. The van der Waals surface area contributed by atoms with E-state index in [0.29, 0.717) is 28.8 Å². The molecule has 3 rings (SSSR count). The van der Waals surface area contributed by atoms with Gasteiger partial charge < -0.3 is 10.2 Å². The molecule has 1 saturated heterocycles. The first-order chi connectivity index (χ1) is 12.5. The largest absolute Gasteiger partial charge is 0.340 e. The van der Waals surface area contributed by atoms with E-state index in [0.717, 1.165) is 37.9 Å². The number of hydrogen-bond acceptors (Lipinski definition) is 6. The van der Waals surface area contributed by atoms with Crippen LogP contribution in [0.1, 0.15) is 20.8 Å². The Morgan fingerprint density at radius 2 is 2.00 bits per heavy atom. The topological polar surface area (TPSA) is 68.0 Å². The minimum atomic E-state index is -0.0620. The van der Waals surface area contributed by atoms with Crippen molar-refractivity contribution in [2.45, 2.75) is 32.5 Å². The minimum Gasteiger partial charge on any atom is -0.340 e. The molecular formula is C18H26N6OS. The highest BCUT2D eigenvalue weighted by molar-refractivity contribution is 7.99. The van der Waals surface area contributed by atoms with Crippen LogP contribution in [-0.4, -0.2) is 51.0 Å². The molecule has 0 aliphatic carbocycles. The maximum atomic E-state index is 13.0. The first kappa shape index (κ1) is 18.8. The lowest BCUT2D eigenvalue weighted by molar-refractivity contribution is 0.573. The molecule has 7 nitrogen and oxygen atoms in total. The van der Waals surface area contributed by atoms with E-state index in [1.807, 2.05) is 4.57 Å². The molecule has 26 heavy (non-hydrogen) atoms. The summed E-state index contributed by atoms with van der Waals surface area (Å²) in [5.74, 6) is 8.23. The molecule has 0 spiro atoms. The number of anilines is 1. The van der Waals surface area contributed by atoms with Crippen molar-refractivity contribution in [3.63, 3.8) is 0 Å².